The van der Waals surface area contributed by atoms with Gasteiger partial charge in [0.25, 0.3) is 11.4 Å². The quantitative estimate of drug-likeness (QED) is 0.273. The van der Waals surface area contributed by atoms with Crippen molar-refractivity contribution in [2.75, 3.05) is 14.1 Å². The molecule has 0 rings (SSSR count). The monoisotopic (exact) mass is 340 g/mol. The molecule has 0 N–H and O–H groups in total. The average molecular weight is 340 g/mol. The van der Waals surface area contributed by atoms with E-state index in [1.165, 1.54) is 19.1 Å². The summed E-state index contributed by atoms with van der Waals surface area (Å²) in [5, 5.41) is 5.83. The van der Waals surface area contributed by atoms with Crippen LogP contribution in [0.3, 0.4) is 0 Å². The van der Waals surface area contributed by atoms with Crippen LogP contribution in [0.2, 0.25) is 0 Å². The lowest BCUT2D eigenvalue weighted by molar-refractivity contribution is -0.00699. The van der Waals surface area contributed by atoms with Gasteiger partial charge in [-0.3, -0.25) is 5.53 Å². The Morgan fingerprint density at radius 1 is 0.750 bits per heavy atom. The summed E-state index contributed by atoms with van der Waals surface area (Å²) in [6, 6.07) is 0. The maximum atomic E-state index is 8.11. The van der Waals surface area contributed by atoms with Gasteiger partial charge in [0.1, 0.15) is 4.97 Å². The fourth-order valence-electron chi connectivity index (χ4n) is 0. The lowest BCUT2D eigenvalue weighted by atomic mass is 10.5. The second kappa shape index (κ2) is 61.4. The van der Waals surface area contributed by atoms with Crippen LogP contribution < -0.4 is 4.97 Å². The standard InChI is InChI=1S/2C3H6N2.2CH3N3.CH2N2.N2O/c2*1-3(2)5-4;2*1-3-4-2;1-3-2;1-2-3/h2*1-2H3;2*1H3;1H2;. The van der Waals surface area contributed by atoms with E-state index < -0.39 is 0 Å². The van der Waals surface area contributed by atoms with Crippen molar-refractivity contribution in [2.24, 2.45) is 10.2 Å². The van der Waals surface area contributed by atoms with Crippen molar-refractivity contribution in [1.29, 1.82) is 0 Å². The number of nitrogens with zero attached hydrogens (tertiary/aromatic N) is 14. The zero-order chi connectivity index (χ0) is 20.8. The van der Waals surface area contributed by atoms with Crippen LogP contribution in [0.15, 0.2) is 10.2 Å². The van der Waals surface area contributed by atoms with E-state index in [4.69, 9.17) is 38.1 Å². The largest absolute Gasteiger partial charge is 0.362 e. The van der Waals surface area contributed by atoms with Gasteiger partial charge in [0.05, 0.1) is 0 Å². The summed E-state index contributed by atoms with van der Waals surface area (Å²) in [4.78, 5) is 21.9. The number of azide groups is 2. The molecule has 0 aliphatic heterocycles. The first-order chi connectivity index (χ1) is 11.2. The molecular weight excluding hydrogens is 320 g/mol. The van der Waals surface area contributed by atoms with Gasteiger partial charge in [0.15, 0.2) is 4.91 Å². The summed E-state index contributed by atoms with van der Waals surface area (Å²) in [5.41, 5.74) is 45.2. The highest BCUT2D eigenvalue weighted by atomic mass is 16.2. The molecule has 15 heteroatoms. The average Bonchev–Trinajstić information content (AvgIpc) is 2.57. The van der Waals surface area contributed by atoms with Crippen molar-refractivity contribution < 1.29 is 14.4 Å². The Morgan fingerprint density at radius 3 is 0.833 bits per heavy atom. The number of nitroso groups, excluding NO2 is 1. The van der Waals surface area contributed by atoms with Crippen molar-refractivity contribution in [1.82, 2.24) is 4.97 Å². The molecule has 24 heavy (non-hydrogen) atoms. The molecule has 0 unspecified atom stereocenters. The summed E-state index contributed by atoms with van der Waals surface area (Å²) in [7, 11) is 2.78. The zero-order valence-corrected chi connectivity index (χ0v) is 14.4. The van der Waals surface area contributed by atoms with Gasteiger partial charge in [-0.15, -0.1) is 0 Å². The van der Waals surface area contributed by atoms with Crippen LogP contribution in [0.4, 0.5) is 0 Å². The maximum absolute atomic E-state index is 8.11. The molecule has 0 aromatic carbocycles. The first kappa shape index (κ1) is 36.9. The first-order valence-corrected chi connectivity index (χ1v) is 5.44. The molecule has 0 spiro atoms. The highest BCUT2D eigenvalue weighted by Crippen LogP contribution is 1.53. The summed E-state index contributed by atoms with van der Waals surface area (Å²) in [5.74, 6) is 0. The predicted molar refractivity (Wildman–Crippen MR) is 89.7 cm³/mol. The molecule has 0 aromatic rings. The lowest BCUT2D eigenvalue weighted by Crippen LogP contribution is -1.76. The molecule has 15 nitrogen and oxygen atoms in total. The van der Waals surface area contributed by atoms with Gasteiger partial charge in [0, 0.05) is 51.6 Å². The molecule has 0 fully saturated rings. The summed E-state index contributed by atoms with van der Waals surface area (Å²) < 4.78 is 0. The third-order valence-electron chi connectivity index (χ3n) is 0.579. The van der Waals surface area contributed by atoms with Crippen molar-refractivity contribution in [2.45, 2.75) is 27.7 Å². The van der Waals surface area contributed by atoms with Crippen molar-refractivity contribution in [3.63, 3.8) is 0 Å². The van der Waals surface area contributed by atoms with E-state index in [1.807, 2.05) is 0 Å². The van der Waals surface area contributed by atoms with E-state index in [1.54, 1.807) is 27.7 Å². The van der Waals surface area contributed by atoms with E-state index in [0.717, 1.165) is 0 Å². The Bertz CT molecular complexity index is 471. The number of hydrogen-bond acceptors (Lipinski definition) is 3. The fourth-order valence-corrected chi connectivity index (χ4v) is 0. The van der Waals surface area contributed by atoms with Gasteiger partial charge in [-0.2, -0.15) is 14.4 Å². The highest BCUT2D eigenvalue weighted by molar-refractivity contribution is 5.73. The van der Waals surface area contributed by atoms with Gasteiger partial charge in [-0.25, -0.2) is 0 Å². The molecule has 0 amide bonds. The zero-order valence-electron chi connectivity index (χ0n) is 14.4. The third kappa shape index (κ3) is 1230. The van der Waals surface area contributed by atoms with Crippen LogP contribution in [-0.4, -0.2) is 46.6 Å². The van der Waals surface area contributed by atoms with E-state index >= 15 is 0 Å². The maximum Gasteiger partial charge on any atom is 0.262 e. The molecule has 0 bridgehead atoms. The van der Waals surface area contributed by atoms with Crippen LogP contribution in [0.5, 0.6) is 0 Å². The van der Waals surface area contributed by atoms with Crippen LogP contribution in [0.25, 0.3) is 43.0 Å². The van der Waals surface area contributed by atoms with E-state index in [9.17, 15) is 0 Å². The first-order valence-electron chi connectivity index (χ1n) is 5.44. The summed E-state index contributed by atoms with van der Waals surface area (Å²) in [6.45, 7) is 9.56. The van der Waals surface area contributed by atoms with Gasteiger partial charge in [-0.05, 0) is 11.1 Å². The van der Waals surface area contributed by atoms with Gasteiger partial charge in [0.2, 0.25) is 6.72 Å². The van der Waals surface area contributed by atoms with Crippen molar-refractivity contribution in [3.05, 3.63) is 47.9 Å². The Balaban J connectivity index is -0.0000000410. The number of rotatable bonds is 0. The van der Waals surface area contributed by atoms with Gasteiger partial charge in [-0.1, -0.05) is 10.2 Å². The minimum absolute atomic E-state index is 0.685. The smallest absolute Gasteiger partial charge is 0.262 e. The second-order valence-electron chi connectivity index (χ2n) is 2.90. The minimum Gasteiger partial charge on any atom is -0.362 e. The van der Waals surface area contributed by atoms with E-state index in [-0.39, 0.29) is 0 Å². The molecule has 0 aliphatic rings. The van der Waals surface area contributed by atoms with Crippen LogP contribution in [0, 0.1) is 4.91 Å². The molecule has 0 radical (unpaired) electrons. The lowest BCUT2D eigenvalue weighted by Gasteiger charge is -1.54. The van der Waals surface area contributed by atoms with E-state index in [2.05, 4.69) is 41.1 Å². The highest BCUT2D eigenvalue weighted by Gasteiger charge is 1.74. The van der Waals surface area contributed by atoms with Crippen molar-refractivity contribution >= 4 is 18.1 Å². The topological polar surface area (TPSA) is 260 Å². The molecule has 0 saturated heterocycles. The molecule has 132 valence electrons. The normalized spacial score (nSPS) is 4.58. The van der Waals surface area contributed by atoms with Crippen LogP contribution >= 0.6 is 0 Å². The number of hydrogen-bond donors (Lipinski definition) is 0. The minimum atomic E-state index is 0.685. The Hall–Kier alpha value is -3.93. The SMILES string of the molecule is C=[N+]=[N-].CC(C)=[N+]=[N-].CC(C)=[N+]=[N-].CN=[N+]=[N-].CN=[N+]=[N-].[N-]=[N+]=O. The van der Waals surface area contributed by atoms with Crippen LogP contribution in [0.1, 0.15) is 27.7 Å². The van der Waals surface area contributed by atoms with Gasteiger partial charge >= 0.3 is 0 Å². The van der Waals surface area contributed by atoms with E-state index in [0.29, 0.717) is 11.4 Å². The fraction of sp³-hybridized carbons (Fsp3) is 0.667. The molecule has 0 saturated carbocycles. The Kier molecular flexibility index (Phi) is 94.3. The molecule has 0 atom stereocenters. The van der Waals surface area contributed by atoms with Crippen LogP contribution in [-0.2, 0) is 0 Å². The summed E-state index contributed by atoms with van der Waals surface area (Å²) in [6.07, 6.45) is 0. The van der Waals surface area contributed by atoms with Gasteiger partial charge < -0.3 is 16.6 Å². The van der Waals surface area contributed by atoms with Crippen molar-refractivity contribution in [3.8, 4) is 0 Å². The second-order valence-corrected chi connectivity index (χ2v) is 2.90. The molecule has 0 aromatic heterocycles. The molecule has 0 aliphatic carbocycles. The Labute approximate surface area is 138 Å². The third-order valence-corrected chi connectivity index (χ3v) is 0.579. The molecule has 0 heterocycles. The summed E-state index contributed by atoms with van der Waals surface area (Å²) >= 11 is 0. The molecular formula is C9H20N14O. The Morgan fingerprint density at radius 2 is 0.833 bits per heavy atom. The predicted octanol–water partition coefficient (Wildman–Crippen LogP) is 3.01.